The van der Waals surface area contributed by atoms with Gasteiger partial charge in [0.15, 0.2) is 0 Å². The second-order valence-electron chi connectivity index (χ2n) is 2.94. The van der Waals surface area contributed by atoms with Crippen molar-refractivity contribution < 1.29 is 0 Å². The van der Waals surface area contributed by atoms with E-state index in [2.05, 4.69) is 6.92 Å². The van der Waals surface area contributed by atoms with Crippen molar-refractivity contribution in [3.8, 4) is 0 Å². The first-order valence-corrected chi connectivity index (χ1v) is 5.64. The minimum Gasteiger partial charge on any atom is -0.278 e. The summed E-state index contributed by atoms with van der Waals surface area (Å²) in [6, 6.07) is 0. The van der Waals surface area contributed by atoms with E-state index in [1.54, 1.807) is 11.9 Å². The van der Waals surface area contributed by atoms with Crippen LogP contribution in [0.15, 0.2) is 0 Å². The molecule has 0 aromatic carbocycles. The van der Waals surface area contributed by atoms with Crippen molar-refractivity contribution >= 4 is 11.9 Å². The van der Waals surface area contributed by atoms with E-state index in [-0.39, 0.29) is 0 Å². The van der Waals surface area contributed by atoms with E-state index in [1.807, 2.05) is 13.8 Å². The number of hydrogen-bond donors (Lipinski definition) is 1. The molecule has 0 aliphatic heterocycles. The van der Waals surface area contributed by atoms with E-state index in [4.69, 9.17) is 5.14 Å². The van der Waals surface area contributed by atoms with Crippen LogP contribution in [0, 0.1) is 5.92 Å². The highest BCUT2D eigenvalue weighted by Gasteiger charge is 2.19. The highest BCUT2D eigenvalue weighted by atomic mass is 32.2. The monoisotopic (exact) mass is 175 g/mol. The molecule has 2 N–H and O–H groups in total. The molecule has 2 atom stereocenters. The zero-order valence-corrected chi connectivity index (χ0v) is 8.79. The van der Waals surface area contributed by atoms with Gasteiger partial charge < -0.3 is 0 Å². The highest BCUT2D eigenvalue weighted by molar-refractivity contribution is 7.97. The quantitative estimate of drug-likeness (QED) is 0.619. The minimum atomic E-state index is 0.749. The molecular weight excluding hydrogens is 154 g/mol. The Morgan fingerprint density at radius 2 is 1.73 bits per heavy atom. The fourth-order valence-electron chi connectivity index (χ4n) is 1.48. The lowest BCUT2D eigenvalue weighted by atomic mass is 9.90. The molecule has 0 amide bonds. The van der Waals surface area contributed by atoms with Crippen LogP contribution in [0.25, 0.3) is 0 Å². The summed E-state index contributed by atoms with van der Waals surface area (Å²) in [5.41, 5.74) is 0. The molecule has 0 heterocycles. The molecule has 0 spiro atoms. The molecule has 0 aromatic heterocycles. The van der Waals surface area contributed by atoms with Crippen LogP contribution in [-0.2, 0) is 0 Å². The van der Waals surface area contributed by atoms with Crippen molar-refractivity contribution in [2.24, 2.45) is 11.1 Å². The van der Waals surface area contributed by atoms with Crippen molar-refractivity contribution in [3.63, 3.8) is 0 Å². The van der Waals surface area contributed by atoms with Crippen LogP contribution >= 0.6 is 11.9 Å². The molecule has 0 saturated heterocycles. The van der Waals surface area contributed by atoms with Gasteiger partial charge in [-0.05, 0) is 18.8 Å². The second-order valence-corrected chi connectivity index (χ2v) is 3.81. The van der Waals surface area contributed by atoms with Crippen LogP contribution in [-0.4, -0.2) is 5.25 Å². The Kier molecular flexibility index (Phi) is 7.18. The maximum atomic E-state index is 5.51. The van der Waals surface area contributed by atoms with Gasteiger partial charge >= 0.3 is 0 Å². The Hall–Kier alpha value is 0.310. The molecule has 1 fully saturated rings. The van der Waals surface area contributed by atoms with Crippen LogP contribution in [0.4, 0.5) is 0 Å². The van der Waals surface area contributed by atoms with Gasteiger partial charge in [-0.1, -0.05) is 45.6 Å². The number of rotatable bonds is 1. The van der Waals surface area contributed by atoms with Gasteiger partial charge in [0, 0.05) is 5.25 Å². The van der Waals surface area contributed by atoms with Gasteiger partial charge in [0.2, 0.25) is 0 Å². The van der Waals surface area contributed by atoms with Crippen LogP contribution < -0.4 is 5.14 Å². The summed E-state index contributed by atoms with van der Waals surface area (Å²) >= 11 is 1.55. The molecule has 1 aliphatic rings. The standard InChI is InChI=1S/C7H15NS.C2H6/c1-6-4-2-3-5-7(6)9-8;1-2/h6-7H,2-5,8H2,1H3;1-2H3. The summed E-state index contributed by atoms with van der Waals surface area (Å²) in [6.07, 6.45) is 5.52. The zero-order chi connectivity index (χ0) is 8.69. The predicted octanol–water partition coefficient (Wildman–Crippen LogP) is 3.20. The van der Waals surface area contributed by atoms with E-state index in [1.165, 1.54) is 25.7 Å². The molecule has 2 unspecified atom stereocenters. The van der Waals surface area contributed by atoms with Crippen molar-refractivity contribution in [1.82, 2.24) is 0 Å². The van der Waals surface area contributed by atoms with Gasteiger partial charge in [0.1, 0.15) is 0 Å². The Labute approximate surface area is 75.3 Å². The molecule has 11 heavy (non-hydrogen) atoms. The number of hydrogen-bond acceptors (Lipinski definition) is 2. The van der Waals surface area contributed by atoms with Crippen molar-refractivity contribution in [2.45, 2.75) is 51.7 Å². The molecular formula is C9H21NS. The van der Waals surface area contributed by atoms with Gasteiger partial charge in [-0.25, -0.2) is 0 Å². The van der Waals surface area contributed by atoms with E-state index in [0.717, 1.165) is 11.2 Å². The van der Waals surface area contributed by atoms with E-state index < -0.39 is 0 Å². The number of nitrogens with two attached hydrogens (primary N) is 1. The first-order valence-electron chi connectivity index (χ1n) is 4.70. The summed E-state index contributed by atoms with van der Waals surface area (Å²) in [5.74, 6) is 0.855. The highest BCUT2D eigenvalue weighted by Crippen LogP contribution is 2.29. The Morgan fingerprint density at radius 3 is 2.09 bits per heavy atom. The SMILES string of the molecule is CC.CC1CCCCC1SN. The predicted molar refractivity (Wildman–Crippen MR) is 54.5 cm³/mol. The maximum Gasteiger partial charge on any atom is 0.0216 e. The summed E-state index contributed by atoms with van der Waals surface area (Å²) in [7, 11) is 0. The largest absolute Gasteiger partial charge is 0.278 e. The van der Waals surface area contributed by atoms with Gasteiger partial charge in [0.05, 0.1) is 0 Å². The molecule has 0 bridgehead atoms. The lowest BCUT2D eigenvalue weighted by molar-refractivity contribution is 0.398. The van der Waals surface area contributed by atoms with Crippen LogP contribution in [0.5, 0.6) is 0 Å². The minimum absolute atomic E-state index is 0.749. The Balaban J connectivity index is 0.000000461. The van der Waals surface area contributed by atoms with Crippen molar-refractivity contribution in [3.05, 3.63) is 0 Å². The molecule has 1 nitrogen and oxygen atoms in total. The molecule has 68 valence electrons. The van der Waals surface area contributed by atoms with Gasteiger partial charge in [-0.15, -0.1) is 0 Å². The summed E-state index contributed by atoms with van der Waals surface area (Å²) in [6.45, 7) is 6.31. The van der Waals surface area contributed by atoms with E-state index >= 15 is 0 Å². The summed E-state index contributed by atoms with van der Waals surface area (Å²) < 4.78 is 0. The first-order chi connectivity index (χ1) is 5.34. The topological polar surface area (TPSA) is 26.0 Å². The fraction of sp³-hybridized carbons (Fsp3) is 1.00. The maximum absolute atomic E-state index is 5.51. The molecule has 2 heteroatoms. The molecule has 1 rings (SSSR count). The van der Waals surface area contributed by atoms with Crippen molar-refractivity contribution in [1.29, 1.82) is 0 Å². The van der Waals surface area contributed by atoms with Crippen molar-refractivity contribution in [2.75, 3.05) is 0 Å². The Bertz CT molecular complexity index is 85.6. The second kappa shape index (κ2) is 6.99. The van der Waals surface area contributed by atoms with E-state index in [0.29, 0.717) is 0 Å². The molecule has 0 aromatic rings. The van der Waals surface area contributed by atoms with Gasteiger partial charge in [0.25, 0.3) is 0 Å². The molecule has 0 radical (unpaired) electrons. The average Bonchev–Trinajstić information content (AvgIpc) is 2.09. The van der Waals surface area contributed by atoms with Gasteiger partial charge in [-0.3, -0.25) is 5.14 Å². The third kappa shape index (κ3) is 4.02. The fourth-order valence-corrected chi connectivity index (χ4v) is 2.19. The summed E-state index contributed by atoms with van der Waals surface area (Å²) in [4.78, 5) is 0. The van der Waals surface area contributed by atoms with Crippen LogP contribution in [0.3, 0.4) is 0 Å². The molecule has 1 saturated carbocycles. The van der Waals surface area contributed by atoms with Crippen LogP contribution in [0.1, 0.15) is 46.5 Å². The third-order valence-corrected chi connectivity index (χ3v) is 3.26. The first kappa shape index (κ1) is 11.3. The van der Waals surface area contributed by atoms with Crippen LogP contribution in [0.2, 0.25) is 0 Å². The summed E-state index contributed by atoms with van der Waals surface area (Å²) in [5, 5.41) is 6.26. The Morgan fingerprint density at radius 1 is 1.18 bits per heavy atom. The third-order valence-electron chi connectivity index (χ3n) is 2.21. The average molecular weight is 175 g/mol. The zero-order valence-electron chi connectivity index (χ0n) is 7.97. The smallest absolute Gasteiger partial charge is 0.0216 e. The normalized spacial score (nSPS) is 30.5. The van der Waals surface area contributed by atoms with E-state index in [9.17, 15) is 0 Å². The molecule has 1 aliphatic carbocycles. The lowest BCUT2D eigenvalue weighted by Crippen LogP contribution is -2.20. The van der Waals surface area contributed by atoms with Gasteiger partial charge in [-0.2, -0.15) is 0 Å². The lowest BCUT2D eigenvalue weighted by Gasteiger charge is -2.26.